The Morgan fingerprint density at radius 2 is 1.47 bits per heavy atom. The Morgan fingerprint density at radius 3 is 2.03 bits per heavy atom. The second-order valence-corrected chi connectivity index (χ2v) is 11.8. The first-order valence-corrected chi connectivity index (χ1v) is 13.8. The number of benzene rings is 2. The first kappa shape index (κ1) is 25.5. The Bertz CT molecular complexity index is 1650. The number of nitrogens with zero attached hydrogens (tertiary/aromatic N) is 1. The van der Waals surface area contributed by atoms with Crippen molar-refractivity contribution in [2.75, 3.05) is 7.11 Å². The van der Waals surface area contributed by atoms with Gasteiger partial charge in [0.05, 0.1) is 21.9 Å². The van der Waals surface area contributed by atoms with E-state index >= 15 is 0 Å². The Balaban J connectivity index is 1.73. The second kappa shape index (κ2) is 9.49. The molecule has 0 saturated heterocycles. The highest BCUT2D eigenvalue weighted by Crippen LogP contribution is 2.37. The van der Waals surface area contributed by atoms with Crippen molar-refractivity contribution in [2.45, 2.75) is 23.6 Å². The van der Waals surface area contributed by atoms with Crippen molar-refractivity contribution >= 4 is 37.6 Å². The largest absolute Gasteiger partial charge is 0.492 e. The van der Waals surface area contributed by atoms with Crippen LogP contribution in [0.3, 0.4) is 0 Å². The lowest BCUT2D eigenvalue weighted by molar-refractivity contribution is 0.0951. The summed E-state index contributed by atoms with van der Waals surface area (Å²) < 4.78 is 65.6. The topological polar surface area (TPSA) is 125 Å². The Kier molecular flexibility index (Phi) is 6.74. The number of aromatic nitrogens is 1. The number of ether oxygens (including phenoxy) is 1. The van der Waals surface area contributed by atoms with Crippen molar-refractivity contribution < 1.29 is 30.8 Å². The number of hydrogen-bond acceptors (Lipinski definition) is 7. The van der Waals surface area contributed by atoms with E-state index in [0.717, 1.165) is 15.1 Å². The van der Waals surface area contributed by atoms with Gasteiger partial charge in [-0.15, -0.1) is 0 Å². The summed E-state index contributed by atoms with van der Waals surface area (Å²) in [4.78, 5) is 12.8. The molecule has 0 bridgehead atoms. The lowest BCUT2D eigenvalue weighted by Crippen LogP contribution is -2.30. The van der Waals surface area contributed by atoms with Crippen LogP contribution in [0.25, 0.3) is 11.5 Å². The van der Waals surface area contributed by atoms with E-state index in [-0.39, 0.29) is 32.0 Å². The van der Waals surface area contributed by atoms with E-state index in [9.17, 15) is 21.6 Å². The summed E-state index contributed by atoms with van der Waals surface area (Å²) in [6.07, 6.45) is 1.25. The van der Waals surface area contributed by atoms with Crippen LogP contribution in [0.15, 0.2) is 81.1 Å². The molecule has 9 nitrogen and oxygen atoms in total. The molecule has 36 heavy (non-hydrogen) atoms. The average Bonchev–Trinajstić information content (AvgIpc) is 3.43. The van der Waals surface area contributed by atoms with Gasteiger partial charge in [0, 0.05) is 12.3 Å². The van der Waals surface area contributed by atoms with Gasteiger partial charge < -0.3 is 9.15 Å². The van der Waals surface area contributed by atoms with Gasteiger partial charge in [-0.05, 0) is 44.2 Å². The average molecular weight is 549 g/mol. The van der Waals surface area contributed by atoms with Gasteiger partial charge in [-0.1, -0.05) is 47.0 Å². The summed E-state index contributed by atoms with van der Waals surface area (Å²) in [6.45, 7) is 3.62. The van der Waals surface area contributed by atoms with Gasteiger partial charge in [-0.2, -0.15) is 0 Å². The molecule has 2 heterocycles. The molecule has 0 atom stereocenters. The maximum Gasteiger partial charge on any atom is 0.304 e. The lowest BCUT2D eigenvalue weighted by Gasteiger charge is -2.10. The molecule has 1 amide bonds. The van der Waals surface area contributed by atoms with E-state index in [1.54, 1.807) is 31.2 Å². The summed E-state index contributed by atoms with van der Waals surface area (Å²) in [7, 11) is -7.04. The van der Waals surface area contributed by atoms with Gasteiger partial charge in [-0.3, -0.25) is 4.79 Å². The molecular formula is C24H21ClN2O7S2. The van der Waals surface area contributed by atoms with Crippen LogP contribution in [0.2, 0.25) is 5.02 Å². The zero-order valence-corrected chi connectivity index (χ0v) is 21.7. The molecule has 4 rings (SSSR count). The zero-order valence-electron chi connectivity index (χ0n) is 19.4. The molecule has 188 valence electrons. The van der Waals surface area contributed by atoms with Crippen molar-refractivity contribution in [3.05, 3.63) is 88.8 Å². The Morgan fingerprint density at radius 1 is 0.917 bits per heavy atom. The fourth-order valence-corrected chi connectivity index (χ4v) is 5.98. The smallest absolute Gasteiger partial charge is 0.304 e. The number of methoxy groups -OCH3 is 1. The van der Waals surface area contributed by atoms with E-state index in [1.165, 1.54) is 49.7 Å². The minimum Gasteiger partial charge on any atom is -0.492 e. The quantitative estimate of drug-likeness (QED) is 0.363. The molecule has 0 aliphatic carbocycles. The number of nitrogens with one attached hydrogen (secondary N) is 1. The van der Waals surface area contributed by atoms with Crippen molar-refractivity contribution in [3.8, 4) is 17.2 Å². The number of rotatable bonds is 7. The molecule has 2 aromatic carbocycles. The van der Waals surface area contributed by atoms with Gasteiger partial charge in [0.15, 0.2) is 11.5 Å². The minimum atomic E-state index is -4.22. The third-order valence-electron chi connectivity index (χ3n) is 5.30. The molecule has 12 heteroatoms. The monoisotopic (exact) mass is 548 g/mol. The molecule has 0 unspecified atom stereocenters. The summed E-state index contributed by atoms with van der Waals surface area (Å²) >= 11 is 6.30. The number of sulfonamides is 1. The van der Waals surface area contributed by atoms with Crippen LogP contribution in [0.4, 0.5) is 0 Å². The van der Waals surface area contributed by atoms with Crippen molar-refractivity contribution in [1.82, 2.24) is 8.69 Å². The number of aryl methyl sites for hydroxylation is 2. The predicted molar refractivity (Wildman–Crippen MR) is 133 cm³/mol. The minimum absolute atomic E-state index is 0.0160. The normalized spacial score (nSPS) is 11.9. The van der Waals surface area contributed by atoms with Crippen LogP contribution < -0.4 is 9.46 Å². The summed E-state index contributed by atoms with van der Waals surface area (Å²) in [6, 6.07) is 14.8. The van der Waals surface area contributed by atoms with Crippen LogP contribution in [-0.2, 0) is 20.0 Å². The highest BCUT2D eigenvalue weighted by atomic mass is 35.5. The summed E-state index contributed by atoms with van der Waals surface area (Å²) in [5.74, 6) is -1.80. The number of halogens is 1. The molecule has 1 N–H and O–H groups in total. The van der Waals surface area contributed by atoms with E-state index in [2.05, 4.69) is 0 Å². The van der Waals surface area contributed by atoms with Crippen molar-refractivity contribution in [3.63, 3.8) is 0 Å². The maximum atomic E-state index is 13.3. The van der Waals surface area contributed by atoms with Gasteiger partial charge in [0.1, 0.15) is 5.69 Å². The van der Waals surface area contributed by atoms with Crippen LogP contribution in [-0.4, -0.2) is 33.8 Å². The maximum absolute atomic E-state index is 13.3. The van der Waals surface area contributed by atoms with E-state index in [0.29, 0.717) is 0 Å². The third kappa shape index (κ3) is 4.77. The Hall–Kier alpha value is -3.54. The standard InChI is InChI=1S/C24H21ClN2O7S2/c1-15-4-8-17(9-5-15)35(29,30)26-24(28)23-21(33-3)14-20(34-23)22-19(25)12-13-27(22)36(31,32)18-10-6-16(2)7-11-18/h4-14H,1-3H3,(H,26,28). The molecule has 0 saturated carbocycles. The van der Waals surface area contributed by atoms with Gasteiger partial charge in [-0.25, -0.2) is 25.5 Å². The molecule has 0 fully saturated rings. The zero-order chi connectivity index (χ0) is 26.3. The van der Waals surface area contributed by atoms with E-state index in [4.69, 9.17) is 20.8 Å². The Labute approximate surface area is 213 Å². The second-order valence-electron chi connectivity index (χ2n) is 7.88. The molecule has 0 spiro atoms. The molecule has 4 aromatic rings. The number of carbonyl (C=O) groups excluding carboxylic acids is 1. The van der Waals surface area contributed by atoms with Crippen molar-refractivity contribution in [2.24, 2.45) is 0 Å². The number of hydrogen-bond donors (Lipinski definition) is 1. The molecule has 0 aliphatic rings. The highest BCUT2D eigenvalue weighted by molar-refractivity contribution is 7.90. The van der Waals surface area contributed by atoms with Crippen LogP contribution >= 0.6 is 11.6 Å². The first-order chi connectivity index (χ1) is 16.9. The molecule has 0 aliphatic heterocycles. The summed E-state index contributed by atoms with van der Waals surface area (Å²) in [5.41, 5.74) is 1.67. The molecular weight excluding hydrogens is 528 g/mol. The SMILES string of the molecule is COc1cc(-c2c(Cl)ccn2S(=O)(=O)c2ccc(C)cc2)oc1C(=O)NS(=O)(=O)c1ccc(C)cc1. The van der Waals surface area contributed by atoms with E-state index < -0.39 is 31.7 Å². The van der Waals surface area contributed by atoms with Crippen LogP contribution in [0.5, 0.6) is 5.75 Å². The lowest BCUT2D eigenvalue weighted by atomic mass is 10.2. The fraction of sp³-hybridized carbons (Fsp3) is 0.125. The summed E-state index contributed by atoms with van der Waals surface area (Å²) in [5, 5.41) is 0.0290. The molecule has 2 aromatic heterocycles. The third-order valence-corrected chi connectivity index (χ3v) is 8.64. The van der Waals surface area contributed by atoms with Gasteiger partial charge in [0.2, 0.25) is 5.76 Å². The van der Waals surface area contributed by atoms with Crippen LogP contribution in [0.1, 0.15) is 21.7 Å². The van der Waals surface area contributed by atoms with Crippen LogP contribution in [0, 0.1) is 13.8 Å². The number of amides is 1. The van der Waals surface area contributed by atoms with Crippen molar-refractivity contribution in [1.29, 1.82) is 0 Å². The van der Waals surface area contributed by atoms with Gasteiger partial charge >= 0.3 is 5.91 Å². The number of furan rings is 1. The fourth-order valence-electron chi connectivity index (χ4n) is 3.39. The highest BCUT2D eigenvalue weighted by Gasteiger charge is 2.29. The van der Waals surface area contributed by atoms with Gasteiger partial charge in [0.25, 0.3) is 20.0 Å². The first-order valence-electron chi connectivity index (χ1n) is 10.4. The molecule has 0 radical (unpaired) electrons. The predicted octanol–water partition coefficient (Wildman–Crippen LogP) is 4.38. The van der Waals surface area contributed by atoms with E-state index in [1.807, 2.05) is 11.6 Å². The number of carbonyl (C=O) groups is 1.